The molecule has 1 aromatic rings. The molecule has 0 aliphatic heterocycles. The minimum absolute atomic E-state index is 0.200. The molecule has 2 N–H and O–H groups in total. The summed E-state index contributed by atoms with van der Waals surface area (Å²) in [6.07, 6.45) is 1.83. The Bertz CT molecular complexity index is 323. The zero-order chi connectivity index (χ0) is 9.84. The third-order valence-corrected chi connectivity index (χ3v) is 1.84. The molecule has 0 aliphatic rings. The summed E-state index contributed by atoms with van der Waals surface area (Å²) >= 11 is 0. The van der Waals surface area contributed by atoms with Crippen molar-refractivity contribution in [3.63, 3.8) is 0 Å². The van der Waals surface area contributed by atoms with E-state index in [1.165, 1.54) is 7.11 Å². The number of aromatic nitrogens is 1. The molecular formula is C9H12N2O2. The van der Waals surface area contributed by atoms with Crippen molar-refractivity contribution in [3.05, 3.63) is 23.5 Å². The molecule has 4 heteroatoms. The average Bonchev–Trinajstić information content (AvgIpc) is 2.13. The predicted octanol–water partition coefficient (Wildman–Crippen LogP) is 0.688. The second kappa shape index (κ2) is 3.89. The summed E-state index contributed by atoms with van der Waals surface area (Å²) in [7, 11) is 1.35. The number of hydrogen-bond acceptors (Lipinski definition) is 4. The van der Waals surface area contributed by atoms with Crippen LogP contribution in [0.1, 0.15) is 11.3 Å². The topological polar surface area (TPSA) is 65.2 Å². The molecule has 13 heavy (non-hydrogen) atoms. The Labute approximate surface area is 76.7 Å². The van der Waals surface area contributed by atoms with Crippen LogP contribution >= 0.6 is 0 Å². The molecule has 0 aliphatic carbocycles. The molecule has 0 saturated heterocycles. The molecule has 1 rings (SSSR count). The molecule has 4 nitrogen and oxygen atoms in total. The number of methoxy groups -OCH3 is 1. The van der Waals surface area contributed by atoms with Gasteiger partial charge in [0.1, 0.15) is 0 Å². The van der Waals surface area contributed by atoms with Crippen LogP contribution in [0.5, 0.6) is 0 Å². The van der Waals surface area contributed by atoms with E-state index in [0.29, 0.717) is 5.69 Å². The van der Waals surface area contributed by atoms with Crippen LogP contribution in [0.4, 0.5) is 5.69 Å². The van der Waals surface area contributed by atoms with Crippen LogP contribution < -0.4 is 5.73 Å². The summed E-state index contributed by atoms with van der Waals surface area (Å²) in [6, 6.07) is 1.72. The summed E-state index contributed by atoms with van der Waals surface area (Å²) in [5.74, 6) is -0.294. The van der Waals surface area contributed by atoms with E-state index in [2.05, 4.69) is 9.72 Å². The summed E-state index contributed by atoms with van der Waals surface area (Å²) < 4.78 is 4.53. The lowest BCUT2D eigenvalue weighted by atomic mass is 10.1. The number of esters is 1. The Kier molecular flexibility index (Phi) is 2.84. The van der Waals surface area contributed by atoms with Crippen LogP contribution in [0.3, 0.4) is 0 Å². The van der Waals surface area contributed by atoms with E-state index >= 15 is 0 Å². The van der Waals surface area contributed by atoms with Crippen LogP contribution in [0, 0.1) is 6.92 Å². The lowest BCUT2D eigenvalue weighted by molar-refractivity contribution is -0.139. The third-order valence-electron chi connectivity index (χ3n) is 1.84. The van der Waals surface area contributed by atoms with E-state index < -0.39 is 0 Å². The van der Waals surface area contributed by atoms with Gasteiger partial charge in [0.25, 0.3) is 0 Å². The molecule has 0 bridgehead atoms. The van der Waals surface area contributed by atoms with E-state index in [-0.39, 0.29) is 12.4 Å². The van der Waals surface area contributed by atoms with Gasteiger partial charge >= 0.3 is 5.97 Å². The Balaban J connectivity index is 2.89. The molecule has 1 heterocycles. The molecule has 0 saturated carbocycles. The number of nitrogens with zero attached hydrogens (tertiary/aromatic N) is 1. The van der Waals surface area contributed by atoms with Crippen molar-refractivity contribution in [2.75, 3.05) is 12.8 Å². The van der Waals surface area contributed by atoms with Gasteiger partial charge in [0.2, 0.25) is 0 Å². The van der Waals surface area contributed by atoms with Gasteiger partial charge in [-0.3, -0.25) is 9.78 Å². The molecule has 0 fully saturated rings. The highest BCUT2D eigenvalue weighted by Crippen LogP contribution is 2.14. The number of anilines is 1. The number of aryl methyl sites for hydroxylation is 1. The minimum Gasteiger partial charge on any atom is -0.469 e. The maximum Gasteiger partial charge on any atom is 0.310 e. The highest BCUT2D eigenvalue weighted by atomic mass is 16.5. The predicted molar refractivity (Wildman–Crippen MR) is 49.1 cm³/mol. The van der Waals surface area contributed by atoms with Crippen LogP contribution in [0.25, 0.3) is 0 Å². The fourth-order valence-corrected chi connectivity index (χ4v) is 1.01. The van der Waals surface area contributed by atoms with Crippen molar-refractivity contribution in [2.24, 2.45) is 0 Å². The zero-order valence-corrected chi connectivity index (χ0v) is 7.70. The van der Waals surface area contributed by atoms with Gasteiger partial charge in [0.05, 0.1) is 24.9 Å². The van der Waals surface area contributed by atoms with E-state index in [1.54, 1.807) is 19.2 Å². The van der Waals surface area contributed by atoms with E-state index in [4.69, 9.17) is 5.73 Å². The summed E-state index contributed by atoms with van der Waals surface area (Å²) in [6.45, 7) is 1.80. The quantitative estimate of drug-likeness (QED) is 0.680. The molecule has 0 atom stereocenters. The molecule has 0 spiro atoms. The van der Waals surface area contributed by atoms with Crippen molar-refractivity contribution in [3.8, 4) is 0 Å². The maximum atomic E-state index is 10.9. The molecular weight excluding hydrogens is 168 g/mol. The first kappa shape index (κ1) is 9.51. The second-order valence-corrected chi connectivity index (χ2v) is 2.72. The minimum atomic E-state index is -0.294. The SMILES string of the molecule is COC(=O)Cc1ccnc(C)c1N. The fourth-order valence-electron chi connectivity index (χ4n) is 1.01. The highest BCUT2D eigenvalue weighted by Gasteiger charge is 2.07. The van der Waals surface area contributed by atoms with Crippen LogP contribution in [0.2, 0.25) is 0 Å². The summed E-state index contributed by atoms with van der Waals surface area (Å²) in [4.78, 5) is 14.9. The number of carbonyl (C=O) groups is 1. The Morgan fingerprint density at radius 1 is 1.69 bits per heavy atom. The molecule has 70 valence electrons. The van der Waals surface area contributed by atoms with Gasteiger partial charge in [-0.25, -0.2) is 0 Å². The number of pyridine rings is 1. The Hall–Kier alpha value is -1.58. The van der Waals surface area contributed by atoms with Gasteiger partial charge in [-0.1, -0.05) is 0 Å². The first-order valence-electron chi connectivity index (χ1n) is 3.92. The number of carbonyl (C=O) groups excluding carboxylic acids is 1. The van der Waals surface area contributed by atoms with Crippen molar-refractivity contribution in [1.82, 2.24) is 4.98 Å². The molecule has 0 radical (unpaired) electrons. The number of rotatable bonds is 2. The Morgan fingerprint density at radius 3 is 3.00 bits per heavy atom. The van der Waals surface area contributed by atoms with Gasteiger partial charge < -0.3 is 10.5 Å². The largest absolute Gasteiger partial charge is 0.469 e. The van der Waals surface area contributed by atoms with Gasteiger partial charge in [-0.2, -0.15) is 0 Å². The second-order valence-electron chi connectivity index (χ2n) is 2.72. The van der Waals surface area contributed by atoms with E-state index in [1.807, 2.05) is 0 Å². The molecule has 1 aromatic heterocycles. The average molecular weight is 180 g/mol. The Morgan fingerprint density at radius 2 is 2.38 bits per heavy atom. The van der Waals surface area contributed by atoms with Crippen molar-refractivity contribution in [2.45, 2.75) is 13.3 Å². The smallest absolute Gasteiger partial charge is 0.310 e. The summed E-state index contributed by atoms with van der Waals surface area (Å²) in [5.41, 5.74) is 7.78. The number of nitrogens with two attached hydrogens (primary N) is 1. The van der Waals surface area contributed by atoms with Crippen molar-refractivity contribution < 1.29 is 9.53 Å². The first-order valence-corrected chi connectivity index (χ1v) is 3.92. The number of ether oxygens (including phenoxy) is 1. The van der Waals surface area contributed by atoms with E-state index in [0.717, 1.165) is 11.3 Å². The third kappa shape index (κ3) is 2.18. The van der Waals surface area contributed by atoms with Gasteiger partial charge in [0, 0.05) is 6.20 Å². The standard InChI is InChI=1S/C9H12N2O2/c1-6-9(10)7(3-4-11-6)5-8(12)13-2/h3-4H,5,10H2,1-2H3. The van der Waals surface area contributed by atoms with Gasteiger partial charge in [-0.15, -0.1) is 0 Å². The fraction of sp³-hybridized carbons (Fsp3) is 0.333. The van der Waals surface area contributed by atoms with Crippen molar-refractivity contribution in [1.29, 1.82) is 0 Å². The number of hydrogen-bond donors (Lipinski definition) is 1. The molecule has 0 amide bonds. The van der Waals surface area contributed by atoms with Crippen LogP contribution in [-0.2, 0) is 16.0 Å². The molecule has 0 aromatic carbocycles. The van der Waals surface area contributed by atoms with E-state index in [9.17, 15) is 4.79 Å². The highest BCUT2D eigenvalue weighted by molar-refractivity contribution is 5.74. The summed E-state index contributed by atoms with van der Waals surface area (Å²) in [5, 5.41) is 0. The number of nitrogen functional groups attached to an aromatic ring is 1. The zero-order valence-electron chi connectivity index (χ0n) is 7.70. The van der Waals surface area contributed by atoms with Gasteiger partial charge in [0.15, 0.2) is 0 Å². The van der Waals surface area contributed by atoms with Crippen LogP contribution in [-0.4, -0.2) is 18.1 Å². The first-order chi connectivity index (χ1) is 6.15. The van der Waals surface area contributed by atoms with Gasteiger partial charge in [-0.05, 0) is 18.6 Å². The lowest BCUT2D eigenvalue weighted by Crippen LogP contribution is -2.08. The maximum absolute atomic E-state index is 10.9. The van der Waals surface area contributed by atoms with Crippen LogP contribution in [0.15, 0.2) is 12.3 Å². The normalized spacial score (nSPS) is 9.69. The monoisotopic (exact) mass is 180 g/mol. The van der Waals surface area contributed by atoms with Crippen molar-refractivity contribution >= 4 is 11.7 Å². The molecule has 0 unspecified atom stereocenters. The lowest BCUT2D eigenvalue weighted by Gasteiger charge is -2.05.